The molecular weight excluding hydrogens is 248 g/mol. The molecular formula is C12H14N4O3. The van der Waals surface area contributed by atoms with Crippen LogP contribution >= 0.6 is 0 Å². The van der Waals surface area contributed by atoms with Crippen molar-refractivity contribution in [3.63, 3.8) is 0 Å². The Labute approximate surface area is 109 Å². The quantitative estimate of drug-likeness (QED) is 0.827. The second kappa shape index (κ2) is 5.47. The molecule has 0 saturated heterocycles. The van der Waals surface area contributed by atoms with Crippen molar-refractivity contribution in [3.05, 3.63) is 45.5 Å². The zero-order valence-corrected chi connectivity index (χ0v) is 10.7. The van der Waals surface area contributed by atoms with Gasteiger partial charge in [-0.05, 0) is 19.9 Å². The van der Waals surface area contributed by atoms with Gasteiger partial charge in [0.15, 0.2) is 0 Å². The second-order valence-corrected chi connectivity index (χ2v) is 4.15. The Morgan fingerprint density at radius 1 is 1.32 bits per heavy atom. The molecule has 100 valence electrons. The second-order valence-electron chi connectivity index (χ2n) is 4.15. The van der Waals surface area contributed by atoms with Gasteiger partial charge in [0.25, 0.3) is 11.5 Å². The molecule has 19 heavy (non-hydrogen) atoms. The first-order chi connectivity index (χ1) is 9.04. The summed E-state index contributed by atoms with van der Waals surface area (Å²) in [6, 6.07) is 2.99. The Balaban J connectivity index is 1.89. The van der Waals surface area contributed by atoms with Gasteiger partial charge in [-0.2, -0.15) is 5.16 Å². The van der Waals surface area contributed by atoms with Crippen LogP contribution in [0.4, 0.5) is 0 Å². The molecule has 0 saturated carbocycles. The monoisotopic (exact) mass is 262 g/mol. The Hall–Kier alpha value is -2.44. The van der Waals surface area contributed by atoms with Gasteiger partial charge in [-0.1, -0.05) is 0 Å². The molecule has 0 aliphatic carbocycles. The van der Waals surface area contributed by atoms with Gasteiger partial charge >= 0.3 is 0 Å². The molecule has 0 aromatic carbocycles. The number of aryl methyl sites for hydroxylation is 2. The molecule has 2 heterocycles. The predicted octanol–water partition coefficient (Wildman–Crippen LogP) is 0.347. The van der Waals surface area contributed by atoms with E-state index in [0.717, 1.165) is 17.5 Å². The normalized spacial score (nSPS) is 10.4. The lowest BCUT2D eigenvalue weighted by atomic mass is 10.3. The van der Waals surface area contributed by atoms with E-state index in [9.17, 15) is 9.59 Å². The number of aromatic amines is 1. The van der Waals surface area contributed by atoms with Crippen LogP contribution in [0, 0.1) is 13.8 Å². The van der Waals surface area contributed by atoms with Crippen LogP contribution in [0.5, 0.6) is 0 Å². The van der Waals surface area contributed by atoms with Crippen LogP contribution in [0.3, 0.4) is 0 Å². The number of aromatic nitrogens is 3. The molecule has 2 rings (SSSR count). The van der Waals surface area contributed by atoms with Crippen LogP contribution in [-0.2, 0) is 6.42 Å². The third kappa shape index (κ3) is 3.51. The van der Waals surface area contributed by atoms with E-state index in [1.54, 1.807) is 0 Å². The maximum absolute atomic E-state index is 11.6. The van der Waals surface area contributed by atoms with Gasteiger partial charge in [0, 0.05) is 24.4 Å². The summed E-state index contributed by atoms with van der Waals surface area (Å²) < 4.78 is 4.69. The average Bonchev–Trinajstić information content (AvgIpc) is 2.74. The van der Waals surface area contributed by atoms with Gasteiger partial charge in [0.2, 0.25) is 5.76 Å². The minimum absolute atomic E-state index is 0.0358. The highest BCUT2D eigenvalue weighted by Crippen LogP contribution is 1.99. The molecule has 2 aromatic heterocycles. The van der Waals surface area contributed by atoms with Crippen molar-refractivity contribution in [3.8, 4) is 0 Å². The molecule has 7 nitrogen and oxygen atoms in total. The molecule has 1 amide bonds. The molecule has 0 spiro atoms. The van der Waals surface area contributed by atoms with E-state index in [1.807, 2.05) is 19.9 Å². The van der Waals surface area contributed by atoms with E-state index in [2.05, 4.69) is 25.0 Å². The maximum atomic E-state index is 11.6. The van der Waals surface area contributed by atoms with E-state index in [4.69, 9.17) is 0 Å². The largest absolute Gasteiger partial charge is 0.373 e. The Kier molecular flexibility index (Phi) is 3.74. The molecule has 2 aromatic rings. The Bertz CT molecular complexity index is 624. The minimum atomic E-state index is -0.442. The van der Waals surface area contributed by atoms with Crippen LogP contribution in [-0.4, -0.2) is 27.6 Å². The van der Waals surface area contributed by atoms with Crippen LogP contribution in [0.2, 0.25) is 0 Å². The third-order valence-corrected chi connectivity index (χ3v) is 2.41. The number of carbonyl (C=O) groups excluding carboxylic acids is 1. The highest BCUT2D eigenvalue weighted by Gasteiger charge is 2.10. The smallest absolute Gasteiger partial charge is 0.289 e. The molecule has 0 atom stereocenters. The van der Waals surface area contributed by atoms with Crippen LogP contribution in [0.1, 0.15) is 27.8 Å². The summed E-state index contributed by atoms with van der Waals surface area (Å²) in [5, 5.41) is 4.68. The fraction of sp³-hybridized carbons (Fsp3) is 0.333. The van der Waals surface area contributed by atoms with Crippen molar-refractivity contribution in [2.24, 2.45) is 0 Å². The first-order valence-corrected chi connectivity index (χ1v) is 5.82. The number of rotatable bonds is 4. The summed E-state index contributed by atoms with van der Waals surface area (Å²) >= 11 is 0. The van der Waals surface area contributed by atoms with Crippen molar-refractivity contribution in [2.45, 2.75) is 20.3 Å². The number of hydrogen-bond acceptors (Lipinski definition) is 5. The maximum Gasteiger partial charge on any atom is 0.289 e. The lowest BCUT2D eigenvalue weighted by molar-refractivity contribution is 0.0917. The highest BCUT2D eigenvalue weighted by atomic mass is 16.5. The number of nitrogens with one attached hydrogen (secondary N) is 2. The fourth-order valence-corrected chi connectivity index (χ4v) is 1.68. The molecule has 2 N–H and O–H groups in total. The first kappa shape index (κ1) is 13.0. The minimum Gasteiger partial charge on any atom is -0.373 e. The topological polar surface area (TPSA) is 101 Å². The predicted molar refractivity (Wildman–Crippen MR) is 66.9 cm³/mol. The summed E-state index contributed by atoms with van der Waals surface area (Å²) in [6.07, 6.45) is 0.517. The van der Waals surface area contributed by atoms with Crippen LogP contribution in [0.25, 0.3) is 0 Å². The molecule has 0 fully saturated rings. The van der Waals surface area contributed by atoms with Gasteiger partial charge in [-0.15, -0.1) is 0 Å². The highest BCUT2D eigenvalue weighted by molar-refractivity contribution is 5.91. The van der Waals surface area contributed by atoms with Gasteiger partial charge in [0.1, 0.15) is 5.82 Å². The summed E-state index contributed by atoms with van der Waals surface area (Å²) in [6.45, 7) is 4.16. The van der Waals surface area contributed by atoms with Crippen LogP contribution < -0.4 is 10.9 Å². The van der Waals surface area contributed by atoms with Crippen molar-refractivity contribution in [1.82, 2.24) is 20.4 Å². The Morgan fingerprint density at radius 2 is 2.00 bits per heavy atom. The van der Waals surface area contributed by atoms with Crippen molar-refractivity contribution in [2.75, 3.05) is 6.54 Å². The third-order valence-electron chi connectivity index (χ3n) is 2.41. The van der Waals surface area contributed by atoms with Crippen molar-refractivity contribution in [1.29, 1.82) is 0 Å². The molecule has 0 bridgehead atoms. The van der Waals surface area contributed by atoms with Crippen LogP contribution in [0.15, 0.2) is 21.5 Å². The fourth-order valence-electron chi connectivity index (χ4n) is 1.68. The van der Waals surface area contributed by atoms with Gasteiger partial charge in [-0.3, -0.25) is 9.59 Å². The summed E-state index contributed by atoms with van der Waals surface area (Å²) in [5.74, 6) is 0.197. The number of hydrogen-bond donors (Lipinski definition) is 2. The summed E-state index contributed by atoms with van der Waals surface area (Å²) in [4.78, 5) is 30.9. The molecule has 0 aliphatic heterocycles. The summed E-state index contributed by atoms with van der Waals surface area (Å²) in [5.41, 5.74) is 1.35. The SMILES string of the molecule is Cc1cc(C)nc(CCNC(=O)c2cc(=O)[nH]o2)n1. The number of H-pyrrole nitrogens is 1. The van der Waals surface area contributed by atoms with E-state index in [1.165, 1.54) is 0 Å². The Morgan fingerprint density at radius 3 is 2.58 bits per heavy atom. The van der Waals surface area contributed by atoms with Gasteiger partial charge in [0.05, 0.1) is 6.07 Å². The lowest BCUT2D eigenvalue weighted by Crippen LogP contribution is -2.26. The van der Waals surface area contributed by atoms with E-state index >= 15 is 0 Å². The summed E-state index contributed by atoms with van der Waals surface area (Å²) in [7, 11) is 0. The number of amides is 1. The van der Waals surface area contributed by atoms with Crippen molar-refractivity contribution < 1.29 is 9.32 Å². The number of nitrogens with zero attached hydrogens (tertiary/aromatic N) is 2. The first-order valence-electron chi connectivity index (χ1n) is 5.82. The molecule has 0 radical (unpaired) electrons. The molecule has 0 aliphatic rings. The number of carbonyl (C=O) groups is 1. The standard InChI is InChI=1S/C12H14N4O3/c1-7-5-8(2)15-10(14-7)3-4-13-12(18)9-6-11(17)16-19-9/h5-6H,3-4H2,1-2H3,(H,13,18)(H,16,17). The molecule has 0 unspecified atom stereocenters. The van der Waals surface area contributed by atoms with E-state index in [-0.39, 0.29) is 5.76 Å². The van der Waals surface area contributed by atoms with Gasteiger partial charge in [-0.25, -0.2) is 9.97 Å². The average molecular weight is 262 g/mol. The van der Waals surface area contributed by atoms with E-state index < -0.39 is 11.5 Å². The lowest BCUT2D eigenvalue weighted by Gasteiger charge is -2.04. The molecule has 7 heteroatoms. The van der Waals surface area contributed by atoms with Crippen molar-refractivity contribution >= 4 is 5.91 Å². The van der Waals surface area contributed by atoms with Gasteiger partial charge < -0.3 is 9.84 Å². The van der Waals surface area contributed by atoms with E-state index in [0.29, 0.717) is 18.8 Å². The zero-order chi connectivity index (χ0) is 13.8. The zero-order valence-electron chi connectivity index (χ0n) is 10.7.